The van der Waals surface area contributed by atoms with Crippen molar-refractivity contribution in [2.45, 2.75) is 38.2 Å². The number of ether oxygens (including phenoxy) is 1. The van der Waals surface area contributed by atoms with Crippen LogP contribution in [0.4, 0.5) is 0 Å². The van der Waals surface area contributed by atoms with E-state index in [2.05, 4.69) is 11.9 Å². The molecule has 4 fully saturated rings. The summed E-state index contributed by atoms with van der Waals surface area (Å²) < 4.78 is 5.98. The normalized spacial score (nSPS) is 32.8. The molecule has 4 aliphatic rings. The van der Waals surface area contributed by atoms with Gasteiger partial charge in [-0.05, 0) is 64.1 Å². The second-order valence-electron chi connectivity index (χ2n) is 8.11. The first-order chi connectivity index (χ1) is 11.6. The Labute approximate surface area is 144 Å². The summed E-state index contributed by atoms with van der Waals surface area (Å²) in [7, 11) is 2.15. The highest BCUT2D eigenvalue weighted by molar-refractivity contribution is 5.89. The molecule has 4 rings (SSSR count). The third-order valence-corrected chi connectivity index (χ3v) is 6.19. The van der Waals surface area contributed by atoms with Gasteiger partial charge in [0, 0.05) is 13.2 Å². The lowest BCUT2D eigenvalue weighted by Crippen LogP contribution is -2.44. The molecule has 2 amide bonds. The molecule has 0 aromatic rings. The number of amides is 2. The van der Waals surface area contributed by atoms with Crippen LogP contribution >= 0.6 is 0 Å². The highest BCUT2D eigenvalue weighted by Crippen LogP contribution is 2.35. The second kappa shape index (κ2) is 6.64. The summed E-state index contributed by atoms with van der Waals surface area (Å²) in [6.45, 7) is 4.45. The maximum absolute atomic E-state index is 13.0. The number of carbonyl (C=O) groups excluding carboxylic acids is 2. The minimum Gasteiger partial charge on any atom is -0.377 e. The van der Waals surface area contributed by atoms with Crippen molar-refractivity contribution >= 4 is 11.8 Å². The number of carbonyl (C=O) groups is 2. The largest absolute Gasteiger partial charge is 0.377 e. The van der Waals surface area contributed by atoms with Crippen LogP contribution in [0.2, 0.25) is 0 Å². The zero-order valence-corrected chi connectivity index (χ0v) is 14.7. The van der Waals surface area contributed by atoms with Crippen molar-refractivity contribution in [2.75, 3.05) is 46.5 Å². The third kappa shape index (κ3) is 3.31. The van der Waals surface area contributed by atoms with Crippen LogP contribution in [-0.4, -0.2) is 79.1 Å². The molecule has 1 saturated carbocycles. The van der Waals surface area contributed by atoms with Gasteiger partial charge < -0.3 is 19.4 Å². The lowest BCUT2D eigenvalue weighted by atomic mass is 9.83. The summed E-state index contributed by atoms with van der Waals surface area (Å²) in [6, 6.07) is 0. The van der Waals surface area contributed by atoms with Crippen LogP contribution in [0.5, 0.6) is 0 Å². The number of likely N-dealkylation sites (tertiary alicyclic amines) is 1. The van der Waals surface area contributed by atoms with E-state index >= 15 is 0 Å². The summed E-state index contributed by atoms with van der Waals surface area (Å²) in [6.07, 6.45) is 5.54. The molecule has 6 heteroatoms. The molecule has 3 heterocycles. The second-order valence-corrected chi connectivity index (χ2v) is 8.11. The van der Waals surface area contributed by atoms with Crippen molar-refractivity contribution < 1.29 is 14.3 Å². The van der Waals surface area contributed by atoms with E-state index in [-0.39, 0.29) is 30.4 Å². The zero-order valence-electron chi connectivity index (χ0n) is 14.7. The van der Waals surface area contributed by atoms with Crippen LogP contribution in [0, 0.1) is 17.8 Å². The molecule has 0 unspecified atom stereocenters. The van der Waals surface area contributed by atoms with Crippen LogP contribution in [0.25, 0.3) is 0 Å². The van der Waals surface area contributed by atoms with Gasteiger partial charge in [0.1, 0.15) is 6.54 Å². The number of piperidine rings is 1. The first-order valence-electron chi connectivity index (χ1n) is 9.48. The van der Waals surface area contributed by atoms with E-state index in [1.165, 1.54) is 12.8 Å². The van der Waals surface area contributed by atoms with Crippen LogP contribution in [0.3, 0.4) is 0 Å². The summed E-state index contributed by atoms with van der Waals surface area (Å²) in [5.41, 5.74) is 0. The molecule has 2 atom stereocenters. The van der Waals surface area contributed by atoms with Crippen molar-refractivity contribution in [3.63, 3.8) is 0 Å². The van der Waals surface area contributed by atoms with Crippen LogP contribution in [-0.2, 0) is 14.3 Å². The van der Waals surface area contributed by atoms with Crippen LogP contribution < -0.4 is 0 Å². The first kappa shape index (κ1) is 16.3. The number of hydrogen-bond acceptors (Lipinski definition) is 4. The molecule has 0 spiro atoms. The summed E-state index contributed by atoms with van der Waals surface area (Å²) >= 11 is 0. The van der Waals surface area contributed by atoms with E-state index < -0.39 is 0 Å². The zero-order chi connectivity index (χ0) is 16.7. The van der Waals surface area contributed by atoms with E-state index in [1.54, 1.807) is 4.90 Å². The fourth-order valence-corrected chi connectivity index (χ4v) is 4.45. The molecule has 0 radical (unpaired) electrons. The lowest BCUT2D eigenvalue weighted by Gasteiger charge is -2.35. The van der Waals surface area contributed by atoms with Gasteiger partial charge in [0.05, 0.1) is 18.7 Å². The fourth-order valence-electron chi connectivity index (χ4n) is 4.45. The molecule has 24 heavy (non-hydrogen) atoms. The Bertz CT molecular complexity index is 500. The highest BCUT2D eigenvalue weighted by Gasteiger charge is 2.44. The van der Waals surface area contributed by atoms with E-state index in [0.29, 0.717) is 25.1 Å². The summed E-state index contributed by atoms with van der Waals surface area (Å²) in [4.78, 5) is 31.2. The summed E-state index contributed by atoms with van der Waals surface area (Å²) in [5.74, 6) is 1.37. The molecule has 0 N–H and O–H groups in total. The van der Waals surface area contributed by atoms with E-state index in [0.717, 1.165) is 38.9 Å². The summed E-state index contributed by atoms with van der Waals surface area (Å²) in [5, 5.41) is 0. The molecule has 134 valence electrons. The number of nitrogens with zero attached hydrogens (tertiary/aromatic N) is 3. The minimum atomic E-state index is -0.0490. The van der Waals surface area contributed by atoms with Crippen molar-refractivity contribution in [1.82, 2.24) is 14.7 Å². The minimum absolute atomic E-state index is 0.0490. The standard InChI is InChI=1S/C18H29N3O3/c1-19-7-4-14(5-8-19)17-15(6-9-24-17)18(23)21-11-16(22)20(12-21)10-13-2-3-13/h13-15,17H,2-12H2,1H3/t15-,17+/m0/s1. The molecule has 3 aliphatic heterocycles. The highest BCUT2D eigenvalue weighted by atomic mass is 16.5. The van der Waals surface area contributed by atoms with Gasteiger partial charge in [-0.2, -0.15) is 0 Å². The van der Waals surface area contributed by atoms with Gasteiger partial charge in [-0.25, -0.2) is 0 Å². The quantitative estimate of drug-likeness (QED) is 0.762. The van der Waals surface area contributed by atoms with E-state index in [1.807, 2.05) is 4.90 Å². The Hall–Kier alpha value is -1.14. The number of hydrogen-bond donors (Lipinski definition) is 0. The van der Waals surface area contributed by atoms with Gasteiger partial charge in [0.15, 0.2) is 0 Å². The van der Waals surface area contributed by atoms with E-state index in [9.17, 15) is 9.59 Å². The molecule has 1 aliphatic carbocycles. The van der Waals surface area contributed by atoms with Gasteiger partial charge in [-0.15, -0.1) is 0 Å². The molecule has 6 nitrogen and oxygen atoms in total. The Morgan fingerprint density at radius 3 is 2.62 bits per heavy atom. The Balaban J connectivity index is 1.37. The van der Waals surface area contributed by atoms with Gasteiger partial charge in [-0.3, -0.25) is 9.59 Å². The SMILES string of the molecule is CN1CCC([C@H]2OCC[C@@H]2C(=O)N2CC(=O)N(CC3CC3)C2)CC1. The van der Waals surface area contributed by atoms with E-state index in [4.69, 9.17) is 4.74 Å². The Morgan fingerprint density at radius 1 is 1.17 bits per heavy atom. The molecule has 3 saturated heterocycles. The average Bonchev–Trinajstić information content (AvgIpc) is 3.12. The van der Waals surface area contributed by atoms with Crippen molar-refractivity contribution in [2.24, 2.45) is 17.8 Å². The predicted molar refractivity (Wildman–Crippen MR) is 89.1 cm³/mol. The van der Waals surface area contributed by atoms with Gasteiger partial charge in [0.2, 0.25) is 11.8 Å². The topological polar surface area (TPSA) is 53.1 Å². The maximum Gasteiger partial charge on any atom is 0.243 e. The Morgan fingerprint density at radius 2 is 1.92 bits per heavy atom. The molecular weight excluding hydrogens is 306 g/mol. The molecule has 0 aromatic carbocycles. The fraction of sp³-hybridized carbons (Fsp3) is 0.889. The molecular formula is C18H29N3O3. The smallest absolute Gasteiger partial charge is 0.243 e. The van der Waals surface area contributed by atoms with Crippen molar-refractivity contribution in [1.29, 1.82) is 0 Å². The van der Waals surface area contributed by atoms with Gasteiger partial charge in [-0.1, -0.05) is 0 Å². The molecule has 0 aromatic heterocycles. The monoisotopic (exact) mass is 335 g/mol. The van der Waals surface area contributed by atoms with Crippen molar-refractivity contribution in [3.05, 3.63) is 0 Å². The van der Waals surface area contributed by atoms with Gasteiger partial charge >= 0.3 is 0 Å². The van der Waals surface area contributed by atoms with Crippen LogP contribution in [0.1, 0.15) is 32.1 Å². The lowest BCUT2D eigenvalue weighted by molar-refractivity contribution is -0.138. The van der Waals surface area contributed by atoms with Crippen LogP contribution in [0.15, 0.2) is 0 Å². The van der Waals surface area contributed by atoms with Gasteiger partial charge in [0.25, 0.3) is 0 Å². The van der Waals surface area contributed by atoms with Crippen molar-refractivity contribution in [3.8, 4) is 0 Å². The number of rotatable bonds is 4. The maximum atomic E-state index is 13.0. The predicted octanol–water partition coefficient (Wildman–Crippen LogP) is 0.772. The average molecular weight is 335 g/mol. The first-order valence-corrected chi connectivity index (χ1v) is 9.48. The Kier molecular flexibility index (Phi) is 4.52. The molecule has 0 bridgehead atoms. The third-order valence-electron chi connectivity index (χ3n) is 6.19.